The minimum Gasteiger partial charge on any atom is -0.462 e. The van der Waals surface area contributed by atoms with E-state index in [1.54, 1.807) is 0 Å². The van der Waals surface area contributed by atoms with E-state index in [0.29, 0.717) is 30.3 Å². The molecular formula is C46H85NO9P+. The van der Waals surface area contributed by atoms with Crippen molar-refractivity contribution in [1.82, 2.24) is 0 Å². The first kappa shape index (κ1) is 54.9. The third-order valence-corrected chi connectivity index (χ3v) is 10.4. The van der Waals surface area contributed by atoms with Crippen LogP contribution in [0.25, 0.3) is 0 Å². The largest absolute Gasteiger partial charge is 0.472 e. The first-order valence-corrected chi connectivity index (χ1v) is 23.9. The molecule has 0 aliphatic heterocycles. The number of carbonyl (C=O) groups is 2. The zero-order valence-corrected chi connectivity index (χ0v) is 37.8. The van der Waals surface area contributed by atoms with Crippen molar-refractivity contribution in [2.24, 2.45) is 0 Å². The van der Waals surface area contributed by atoms with E-state index in [-0.39, 0.29) is 32.2 Å². The van der Waals surface area contributed by atoms with Gasteiger partial charge in [0.15, 0.2) is 6.10 Å². The Morgan fingerprint density at radius 1 is 0.614 bits per heavy atom. The van der Waals surface area contributed by atoms with Gasteiger partial charge in [0.1, 0.15) is 19.8 Å². The molecule has 2 N–H and O–H groups in total. The molecule has 0 aliphatic carbocycles. The number of aliphatic hydroxyl groups is 1. The lowest BCUT2D eigenvalue weighted by atomic mass is 10.0. The van der Waals surface area contributed by atoms with Crippen LogP contribution >= 0.6 is 7.82 Å². The fraction of sp³-hybridized carbons (Fsp3) is 0.783. The maximum atomic E-state index is 12.7. The summed E-state index contributed by atoms with van der Waals surface area (Å²) in [4.78, 5) is 35.3. The van der Waals surface area contributed by atoms with Crippen LogP contribution in [0, 0.1) is 0 Å². The summed E-state index contributed by atoms with van der Waals surface area (Å²) in [5, 5.41) is 9.73. The molecule has 0 rings (SSSR count). The van der Waals surface area contributed by atoms with Gasteiger partial charge in [0.2, 0.25) is 0 Å². The number of hydrogen-bond acceptors (Lipinski definition) is 8. The minimum absolute atomic E-state index is 0.0168. The number of nitrogens with zero attached hydrogens (tertiary/aromatic N) is 1. The third-order valence-electron chi connectivity index (χ3n) is 9.42. The van der Waals surface area contributed by atoms with Gasteiger partial charge in [-0.3, -0.25) is 18.6 Å². The lowest BCUT2D eigenvalue weighted by Gasteiger charge is -2.24. The molecule has 0 aromatic carbocycles. The van der Waals surface area contributed by atoms with Crippen LogP contribution in [0.2, 0.25) is 0 Å². The highest BCUT2D eigenvalue weighted by Crippen LogP contribution is 2.43. The van der Waals surface area contributed by atoms with E-state index in [4.69, 9.17) is 18.5 Å². The summed E-state index contributed by atoms with van der Waals surface area (Å²) in [6.07, 6.45) is 40.8. The molecule has 0 aromatic heterocycles. The van der Waals surface area contributed by atoms with Gasteiger partial charge in [-0.2, -0.15) is 0 Å². The summed E-state index contributed by atoms with van der Waals surface area (Å²) >= 11 is 0. The van der Waals surface area contributed by atoms with Gasteiger partial charge >= 0.3 is 19.8 Å². The van der Waals surface area contributed by atoms with E-state index in [1.165, 1.54) is 70.6 Å². The molecular weight excluding hydrogens is 741 g/mol. The van der Waals surface area contributed by atoms with E-state index in [1.807, 2.05) is 33.3 Å². The first-order valence-electron chi connectivity index (χ1n) is 22.4. The molecule has 11 heteroatoms. The van der Waals surface area contributed by atoms with Gasteiger partial charge < -0.3 is 24.0 Å². The molecule has 3 atom stereocenters. The van der Waals surface area contributed by atoms with E-state index in [2.05, 4.69) is 50.3 Å². The smallest absolute Gasteiger partial charge is 0.462 e. The quantitative estimate of drug-likeness (QED) is 0.0204. The van der Waals surface area contributed by atoms with Crippen molar-refractivity contribution >= 4 is 19.8 Å². The average molecular weight is 827 g/mol. The Morgan fingerprint density at radius 3 is 1.63 bits per heavy atom. The molecule has 0 fully saturated rings. The predicted octanol–water partition coefficient (Wildman–Crippen LogP) is 11.7. The normalized spacial score (nSPS) is 14.6. The Bertz CT molecular complexity index is 1130. The lowest BCUT2D eigenvalue weighted by Crippen LogP contribution is -2.37. The highest BCUT2D eigenvalue weighted by molar-refractivity contribution is 7.47. The van der Waals surface area contributed by atoms with E-state index >= 15 is 0 Å². The second-order valence-corrected chi connectivity index (χ2v) is 17.7. The fourth-order valence-electron chi connectivity index (χ4n) is 5.90. The molecule has 2 unspecified atom stereocenters. The lowest BCUT2D eigenvalue weighted by molar-refractivity contribution is -0.870. The van der Waals surface area contributed by atoms with Crippen molar-refractivity contribution in [3.63, 3.8) is 0 Å². The van der Waals surface area contributed by atoms with Crippen LogP contribution in [0.15, 0.2) is 48.6 Å². The second kappa shape index (κ2) is 38.2. The van der Waals surface area contributed by atoms with Gasteiger partial charge in [-0.15, -0.1) is 0 Å². The van der Waals surface area contributed by atoms with Crippen LogP contribution in [-0.4, -0.2) is 86.1 Å². The van der Waals surface area contributed by atoms with Crippen LogP contribution in [0.4, 0.5) is 0 Å². The monoisotopic (exact) mass is 827 g/mol. The zero-order chi connectivity index (χ0) is 42.3. The van der Waals surface area contributed by atoms with E-state index in [9.17, 15) is 24.2 Å². The number of hydrogen-bond donors (Lipinski definition) is 2. The predicted molar refractivity (Wildman–Crippen MR) is 235 cm³/mol. The van der Waals surface area contributed by atoms with Crippen LogP contribution in [0.3, 0.4) is 0 Å². The third kappa shape index (κ3) is 41.9. The molecule has 0 radical (unpaired) electrons. The number of aliphatic hydroxyl groups excluding tert-OH is 1. The number of esters is 2. The Kier molecular flexibility index (Phi) is 36.8. The van der Waals surface area contributed by atoms with Crippen molar-refractivity contribution in [2.75, 3.05) is 47.5 Å². The van der Waals surface area contributed by atoms with Crippen molar-refractivity contribution in [1.29, 1.82) is 0 Å². The average Bonchev–Trinajstić information content (AvgIpc) is 3.15. The van der Waals surface area contributed by atoms with Crippen LogP contribution < -0.4 is 0 Å². The van der Waals surface area contributed by atoms with Gasteiger partial charge in [0.05, 0.1) is 33.9 Å². The number of ether oxygens (including phenoxy) is 2. The van der Waals surface area contributed by atoms with Gasteiger partial charge in [-0.05, 0) is 51.4 Å². The number of likely N-dealkylation sites (N-methyl/N-ethyl adjacent to an activating group) is 1. The molecule has 0 bridgehead atoms. The van der Waals surface area contributed by atoms with Gasteiger partial charge in [-0.1, -0.05) is 159 Å². The molecule has 0 amide bonds. The maximum absolute atomic E-state index is 12.7. The van der Waals surface area contributed by atoms with Gasteiger partial charge in [-0.25, -0.2) is 4.57 Å². The summed E-state index contributed by atoms with van der Waals surface area (Å²) < 4.78 is 34.2. The molecule has 0 aromatic rings. The topological polar surface area (TPSA) is 129 Å². The number of unbranched alkanes of at least 4 members (excludes halogenated alkanes) is 15. The molecule has 0 saturated carbocycles. The molecule has 10 nitrogen and oxygen atoms in total. The first-order chi connectivity index (χ1) is 27.4. The molecule has 332 valence electrons. The number of carbonyl (C=O) groups excluding carboxylic acids is 2. The molecule has 57 heavy (non-hydrogen) atoms. The van der Waals surface area contributed by atoms with E-state index < -0.39 is 32.5 Å². The summed E-state index contributed by atoms with van der Waals surface area (Å²) in [6.45, 7) is 4.15. The highest BCUT2D eigenvalue weighted by Gasteiger charge is 2.27. The number of phosphoric acid groups is 1. The highest BCUT2D eigenvalue weighted by atomic mass is 31.2. The molecule has 0 heterocycles. The number of rotatable bonds is 40. The summed E-state index contributed by atoms with van der Waals surface area (Å²) in [5.74, 6) is -0.882. The second-order valence-electron chi connectivity index (χ2n) is 16.3. The van der Waals surface area contributed by atoms with Crippen molar-refractivity contribution in [3.8, 4) is 0 Å². The maximum Gasteiger partial charge on any atom is 0.472 e. The molecule has 0 saturated heterocycles. The van der Waals surface area contributed by atoms with Crippen LogP contribution in [-0.2, 0) is 32.7 Å². The summed E-state index contributed by atoms with van der Waals surface area (Å²) in [7, 11) is 1.42. The number of allylic oxidation sites excluding steroid dienone is 7. The Labute approximate surface area is 348 Å². The number of phosphoric ester groups is 1. The summed E-state index contributed by atoms with van der Waals surface area (Å²) in [6, 6.07) is 0. The zero-order valence-electron chi connectivity index (χ0n) is 36.9. The Balaban J connectivity index is 4.45. The number of quaternary nitrogens is 1. The van der Waals surface area contributed by atoms with Gasteiger partial charge in [0.25, 0.3) is 0 Å². The fourth-order valence-corrected chi connectivity index (χ4v) is 6.65. The summed E-state index contributed by atoms with van der Waals surface area (Å²) in [5.41, 5.74) is 0. The molecule has 0 aliphatic rings. The van der Waals surface area contributed by atoms with Crippen LogP contribution in [0.1, 0.15) is 174 Å². The van der Waals surface area contributed by atoms with Crippen molar-refractivity contribution < 1.29 is 47.2 Å². The van der Waals surface area contributed by atoms with Crippen molar-refractivity contribution in [2.45, 2.75) is 187 Å². The standard InChI is InChI=1S/C46H84NO9P/c1-6-8-9-10-11-12-13-14-15-18-22-25-28-31-34-38-46(50)56-44(42-55-57(51,52)54-40-39-47(3,4)5)41-53-45(49)37-33-30-27-24-21-19-16-17-20-23-26-29-32-36-43(48)35-7-2/h16,19-20,23-24,27,29,32,43-44,48H,6-15,17-18,21-22,25-26,28,30-31,33-42H2,1-5H3/p+1/b19-16-,23-20-,27-24-,32-29-/t43?,44-/m1/s1. The minimum atomic E-state index is -4.39. The SMILES string of the molecule is CCCCCCCCCCCCCCCCCC(=O)O[C@H](COC(=O)CCC/C=C\C/C=C\C/C=C\C/C=C\CC(O)CCC)COP(=O)(O)OCC[N+](C)(C)C. The van der Waals surface area contributed by atoms with Gasteiger partial charge in [0, 0.05) is 12.8 Å². The Morgan fingerprint density at radius 2 is 1.11 bits per heavy atom. The molecule has 0 spiro atoms. The van der Waals surface area contributed by atoms with E-state index in [0.717, 1.165) is 57.8 Å². The van der Waals surface area contributed by atoms with Crippen molar-refractivity contribution in [3.05, 3.63) is 48.6 Å². The Hall–Kier alpha value is -2.07. The van der Waals surface area contributed by atoms with Crippen LogP contribution in [0.5, 0.6) is 0 Å².